The lowest BCUT2D eigenvalue weighted by Crippen LogP contribution is -1.93. The van der Waals surface area contributed by atoms with E-state index < -0.39 is 11.6 Å². The molecule has 1 aromatic carbocycles. The highest BCUT2D eigenvalue weighted by molar-refractivity contribution is 5.59. The van der Waals surface area contributed by atoms with Crippen molar-refractivity contribution in [1.29, 1.82) is 0 Å². The van der Waals surface area contributed by atoms with Gasteiger partial charge in [0.15, 0.2) is 0 Å². The molecule has 0 N–H and O–H groups in total. The minimum atomic E-state index is -0.491. The highest BCUT2D eigenvalue weighted by atomic mass is 19.1. The van der Waals surface area contributed by atoms with Gasteiger partial charge in [0.1, 0.15) is 17.5 Å². The maximum atomic E-state index is 13.4. The number of nitrogens with zero attached hydrogens (tertiary/aromatic N) is 2. The number of benzene rings is 1. The molecule has 15 heavy (non-hydrogen) atoms. The third kappa shape index (κ3) is 1.98. The molecular formula is C11H8F2N2. The Labute approximate surface area is 85.6 Å². The van der Waals surface area contributed by atoms with Gasteiger partial charge < -0.3 is 0 Å². The van der Waals surface area contributed by atoms with E-state index in [-0.39, 0.29) is 5.56 Å². The van der Waals surface area contributed by atoms with Gasteiger partial charge in [-0.05, 0) is 31.2 Å². The van der Waals surface area contributed by atoms with Crippen molar-refractivity contribution < 1.29 is 8.78 Å². The van der Waals surface area contributed by atoms with Gasteiger partial charge in [0, 0.05) is 11.8 Å². The van der Waals surface area contributed by atoms with Crippen molar-refractivity contribution in [3.05, 3.63) is 47.9 Å². The van der Waals surface area contributed by atoms with Gasteiger partial charge in [-0.2, -0.15) is 0 Å². The zero-order chi connectivity index (χ0) is 10.8. The van der Waals surface area contributed by atoms with Gasteiger partial charge in [0.05, 0.1) is 5.69 Å². The maximum absolute atomic E-state index is 13.4. The summed E-state index contributed by atoms with van der Waals surface area (Å²) in [6, 6.07) is 4.83. The van der Waals surface area contributed by atoms with Gasteiger partial charge in [0.2, 0.25) is 0 Å². The Hall–Kier alpha value is -1.84. The van der Waals surface area contributed by atoms with Gasteiger partial charge in [0.25, 0.3) is 0 Å². The molecule has 0 aliphatic carbocycles. The van der Waals surface area contributed by atoms with E-state index in [0.717, 1.165) is 18.2 Å². The average Bonchev–Trinajstić information content (AvgIpc) is 2.22. The Balaban J connectivity index is 2.58. The van der Waals surface area contributed by atoms with E-state index in [2.05, 4.69) is 9.97 Å². The maximum Gasteiger partial charge on any atom is 0.132 e. The van der Waals surface area contributed by atoms with Gasteiger partial charge in [-0.25, -0.2) is 18.7 Å². The summed E-state index contributed by atoms with van der Waals surface area (Å²) in [5.41, 5.74) is 0.542. The van der Waals surface area contributed by atoms with E-state index in [9.17, 15) is 8.78 Å². The van der Waals surface area contributed by atoms with Crippen molar-refractivity contribution in [2.24, 2.45) is 0 Å². The van der Waals surface area contributed by atoms with E-state index in [1.165, 1.54) is 6.20 Å². The van der Waals surface area contributed by atoms with E-state index in [0.29, 0.717) is 11.5 Å². The average molecular weight is 206 g/mol. The molecule has 0 aliphatic rings. The lowest BCUT2D eigenvalue weighted by Gasteiger charge is -2.02. The molecule has 2 aromatic rings. The predicted molar refractivity (Wildman–Crippen MR) is 52.1 cm³/mol. The van der Waals surface area contributed by atoms with Crippen LogP contribution < -0.4 is 0 Å². The van der Waals surface area contributed by atoms with Crippen LogP contribution in [0, 0.1) is 18.6 Å². The summed E-state index contributed by atoms with van der Waals surface area (Å²) in [4.78, 5) is 7.92. The zero-order valence-corrected chi connectivity index (χ0v) is 8.04. The lowest BCUT2D eigenvalue weighted by molar-refractivity contribution is 0.602. The summed E-state index contributed by atoms with van der Waals surface area (Å²) in [6.07, 6.45) is 1.52. The van der Waals surface area contributed by atoms with Gasteiger partial charge >= 0.3 is 0 Å². The molecule has 1 heterocycles. The minimum absolute atomic E-state index is 0.153. The highest BCUT2D eigenvalue weighted by Crippen LogP contribution is 2.21. The second kappa shape index (κ2) is 3.73. The summed E-state index contributed by atoms with van der Waals surface area (Å²) >= 11 is 0. The monoisotopic (exact) mass is 206 g/mol. The number of aromatic nitrogens is 2. The van der Waals surface area contributed by atoms with Crippen molar-refractivity contribution >= 4 is 0 Å². The molecule has 4 heteroatoms. The van der Waals surface area contributed by atoms with Crippen LogP contribution in [0.3, 0.4) is 0 Å². The third-order valence-electron chi connectivity index (χ3n) is 1.98. The first-order chi connectivity index (χ1) is 7.16. The Morgan fingerprint density at radius 3 is 2.67 bits per heavy atom. The predicted octanol–water partition coefficient (Wildman–Crippen LogP) is 2.73. The van der Waals surface area contributed by atoms with Gasteiger partial charge in [-0.15, -0.1) is 0 Å². The molecule has 0 atom stereocenters. The fourth-order valence-electron chi connectivity index (χ4n) is 1.30. The first-order valence-electron chi connectivity index (χ1n) is 4.42. The van der Waals surface area contributed by atoms with E-state index in [1.54, 1.807) is 13.0 Å². The largest absolute Gasteiger partial charge is 0.242 e. The van der Waals surface area contributed by atoms with Crippen LogP contribution in [0.5, 0.6) is 0 Å². The number of hydrogen-bond donors (Lipinski definition) is 0. The molecule has 0 spiro atoms. The molecule has 0 saturated heterocycles. The summed E-state index contributed by atoms with van der Waals surface area (Å²) < 4.78 is 26.3. The molecule has 0 aliphatic heterocycles. The van der Waals surface area contributed by atoms with E-state index in [4.69, 9.17) is 0 Å². The van der Waals surface area contributed by atoms with Gasteiger partial charge in [-0.3, -0.25) is 0 Å². The molecule has 1 aromatic heterocycles. The quantitative estimate of drug-likeness (QED) is 0.716. The van der Waals surface area contributed by atoms with Crippen LogP contribution in [-0.2, 0) is 0 Å². The fourth-order valence-corrected chi connectivity index (χ4v) is 1.30. The first kappa shape index (κ1) is 9.71. The van der Waals surface area contributed by atoms with E-state index in [1.807, 2.05) is 0 Å². The number of hydrogen-bond acceptors (Lipinski definition) is 2. The summed E-state index contributed by atoms with van der Waals surface area (Å²) in [7, 11) is 0. The van der Waals surface area contributed by atoms with Crippen LogP contribution in [0.2, 0.25) is 0 Å². The van der Waals surface area contributed by atoms with Crippen molar-refractivity contribution in [3.8, 4) is 11.3 Å². The Morgan fingerprint density at radius 1 is 1.13 bits per heavy atom. The SMILES string of the molecule is Cc1nccc(-c2cc(F)ccc2F)n1. The molecule has 0 bridgehead atoms. The molecule has 0 saturated carbocycles. The van der Waals surface area contributed by atoms with Crippen molar-refractivity contribution in [3.63, 3.8) is 0 Å². The molecule has 2 rings (SSSR count). The van der Waals surface area contributed by atoms with Crippen LogP contribution in [0.4, 0.5) is 8.78 Å². The van der Waals surface area contributed by atoms with Crippen molar-refractivity contribution in [2.75, 3.05) is 0 Å². The highest BCUT2D eigenvalue weighted by Gasteiger charge is 2.07. The smallest absolute Gasteiger partial charge is 0.132 e. The summed E-state index contributed by atoms with van der Waals surface area (Å²) in [5, 5.41) is 0. The fraction of sp³-hybridized carbons (Fsp3) is 0.0909. The van der Waals surface area contributed by atoms with E-state index >= 15 is 0 Å². The van der Waals surface area contributed by atoms with Crippen LogP contribution in [0.25, 0.3) is 11.3 Å². The standard InChI is InChI=1S/C11H8F2N2/c1-7-14-5-4-11(15-7)9-6-8(12)2-3-10(9)13/h2-6H,1H3. The molecule has 0 amide bonds. The topological polar surface area (TPSA) is 25.8 Å². The van der Waals surface area contributed by atoms with Crippen molar-refractivity contribution in [1.82, 2.24) is 9.97 Å². The summed E-state index contributed by atoms with van der Waals surface area (Å²) in [6.45, 7) is 1.70. The third-order valence-corrected chi connectivity index (χ3v) is 1.98. The Kier molecular flexibility index (Phi) is 2.41. The minimum Gasteiger partial charge on any atom is -0.242 e. The second-order valence-corrected chi connectivity index (χ2v) is 3.11. The molecule has 0 fully saturated rings. The lowest BCUT2D eigenvalue weighted by atomic mass is 10.1. The number of halogens is 2. The summed E-state index contributed by atoms with van der Waals surface area (Å²) in [5.74, 6) is -0.451. The molecular weight excluding hydrogens is 198 g/mol. The van der Waals surface area contributed by atoms with Crippen LogP contribution >= 0.6 is 0 Å². The molecule has 76 valence electrons. The van der Waals surface area contributed by atoms with Crippen LogP contribution in [-0.4, -0.2) is 9.97 Å². The second-order valence-electron chi connectivity index (χ2n) is 3.11. The zero-order valence-electron chi connectivity index (χ0n) is 8.04. The first-order valence-corrected chi connectivity index (χ1v) is 4.42. The Morgan fingerprint density at radius 2 is 1.93 bits per heavy atom. The van der Waals surface area contributed by atoms with Crippen molar-refractivity contribution in [2.45, 2.75) is 6.92 Å². The normalized spacial score (nSPS) is 10.3. The number of aryl methyl sites for hydroxylation is 1. The molecule has 0 unspecified atom stereocenters. The van der Waals surface area contributed by atoms with Crippen LogP contribution in [0.1, 0.15) is 5.82 Å². The Bertz CT molecular complexity index is 498. The molecule has 2 nitrogen and oxygen atoms in total. The van der Waals surface area contributed by atoms with Crippen LogP contribution in [0.15, 0.2) is 30.5 Å². The number of rotatable bonds is 1. The molecule has 0 radical (unpaired) electrons. The van der Waals surface area contributed by atoms with Gasteiger partial charge in [-0.1, -0.05) is 0 Å².